The number of halogens is 1. The third-order valence-corrected chi connectivity index (χ3v) is 10.7. The molecule has 1 aromatic rings. The summed E-state index contributed by atoms with van der Waals surface area (Å²) in [7, 11) is 0. The number of alkyl carbamates (subject to hydrolysis) is 1. The first-order valence-electron chi connectivity index (χ1n) is 15.2. The van der Waals surface area contributed by atoms with Gasteiger partial charge in [-0.15, -0.1) is 10.1 Å². The Bertz CT molecular complexity index is 1550. The second kappa shape index (κ2) is 12.4. The maximum atomic E-state index is 17.2. The number of rotatable bonds is 10. The molecule has 0 aliphatic heterocycles. The summed E-state index contributed by atoms with van der Waals surface area (Å²) in [4.78, 5) is 64.6. The molecule has 1 amide bonds. The number of aliphatic hydroxyl groups excluding tert-OH is 2. The molecule has 15 heteroatoms. The number of hydrogen-bond donors (Lipinski definition) is 4. The summed E-state index contributed by atoms with van der Waals surface area (Å²) in [6.07, 6.45) is -0.261. The number of aliphatic hydroxyl groups is 3. The molecular weight excluding hydrogens is 623 g/mol. The number of esters is 1. The van der Waals surface area contributed by atoms with E-state index in [0.717, 1.165) is 0 Å². The fraction of sp³-hybridized carbons (Fsp3) is 0.562. The lowest BCUT2D eigenvalue weighted by molar-refractivity contribution is -0.763. The van der Waals surface area contributed by atoms with Gasteiger partial charge < -0.3 is 34.9 Å². The van der Waals surface area contributed by atoms with Crippen molar-refractivity contribution >= 4 is 23.6 Å². The van der Waals surface area contributed by atoms with Crippen molar-refractivity contribution in [2.24, 2.45) is 22.7 Å². The summed E-state index contributed by atoms with van der Waals surface area (Å²) in [5, 5.41) is 45.8. The predicted octanol–water partition coefficient (Wildman–Crippen LogP) is 1.81. The van der Waals surface area contributed by atoms with E-state index in [9.17, 15) is 44.6 Å². The summed E-state index contributed by atoms with van der Waals surface area (Å²) in [5.74, 6) is -3.76. The molecule has 3 saturated carbocycles. The molecule has 4 aliphatic carbocycles. The Labute approximate surface area is 268 Å². The van der Waals surface area contributed by atoms with Gasteiger partial charge in [0.15, 0.2) is 23.7 Å². The summed E-state index contributed by atoms with van der Waals surface area (Å²) < 4.78 is 27.3. The maximum absolute atomic E-state index is 17.2. The Morgan fingerprint density at radius 2 is 1.81 bits per heavy atom. The Balaban J connectivity index is 1.17. The minimum atomic E-state index is -2.48. The highest BCUT2D eigenvalue weighted by Crippen LogP contribution is 2.69. The number of Topliss-reactive ketones (excluding diaryl/α,β-unsaturated/α-hetero) is 1. The van der Waals surface area contributed by atoms with Crippen molar-refractivity contribution in [2.75, 3.05) is 13.2 Å². The number of benzene rings is 1. The minimum absolute atomic E-state index is 0.136. The van der Waals surface area contributed by atoms with E-state index in [2.05, 4.69) is 10.2 Å². The molecule has 1 aromatic carbocycles. The summed E-state index contributed by atoms with van der Waals surface area (Å²) in [6, 6.07) is 6.32. The van der Waals surface area contributed by atoms with Gasteiger partial charge in [-0.1, -0.05) is 42.8 Å². The van der Waals surface area contributed by atoms with Gasteiger partial charge in [0, 0.05) is 16.7 Å². The number of ketones is 2. The Hall–Kier alpha value is -4.21. The van der Waals surface area contributed by atoms with Crippen molar-refractivity contribution in [3.8, 4) is 0 Å². The fourth-order valence-corrected chi connectivity index (χ4v) is 8.32. The zero-order valence-corrected chi connectivity index (χ0v) is 25.8. The second-order valence-corrected chi connectivity index (χ2v) is 13.1. The number of amides is 1. The van der Waals surface area contributed by atoms with Crippen molar-refractivity contribution in [1.29, 1.82) is 0 Å². The van der Waals surface area contributed by atoms with E-state index in [1.165, 1.54) is 31.2 Å². The third-order valence-electron chi connectivity index (χ3n) is 10.7. The number of alkyl halides is 1. The lowest BCUT2D eigenvalue weighted by Crippen LogP contribution is -2.69. The molecule has 4 aliphatic rings. The van der Waals surface area contributed by atoms with Crippen molar-refractivity contribution in [1.82, 2.24) is 5.32 Å². The Morgan fingerprint density at radius 1 is 1.11 bits per heavy atom. The molecule has 3 fully saturated rings. The van der Waals surface area contributed by atoms with Gasteiger partial charge in [-0.25, -0.2) is 9.18 Å². The summed E-state index contributed by atoms with van der Waals surface area (Å²) >= 11 is 0. The number of nitrogens with one attached hydrogen (secondary N) is 1. The number of allylic oxidation sites excluding steroid dienone is 4. The summed E-state index contributed by atoms with van der Waals surface area (Å²) in [6.45, 7) is 1.04. The van der Waals surface area contributed by atoms with Crippen molar-refractivity contribution in [3.63, 3.8) is 0 Å². The molecule has 4 N–H and O–H groups in total. The molecule has 8 atom stereocenters. The highest BCUT2D eigenvalue weighted by Gasteiger charge is 2.76. The van der Waals surface area contributed by atoms with Gasteiger partial charge in [-0.05, 0) is 61.8 Å². The van der Waals surface area contributed by atoms with Gasteiger partial charge in [0.1, 0.15) is 19.8 Å². The second-order valence-electron chi connectivity index (χ2n) is 13.1. The van der Waals surface area contributed by atoms with Crippen LogP contribution in [0, 0.1) is 32.8 Å². The van der Waals surface area contributed by atoms with E-state index in [1.54, 1.807) is 25.1 Å². The van der Waals surface area contributed by atoms with Gasteiger partial charge in [0.05, 0.1) is 12.2 Å². The normalized spacial score (nSPS) is 35.4. The number of carbonyl (C=O) groups is 4. The number of fused-ring (bicyclic) bond motifs is 5. The van der Waals surface area contributed by atoms with E-state index in [-0.39, 0.29) is 38.3 Å². The molecule has 47 heavy (non-hydrogen) atoms. The topological polar surface area (TPSA) is 212 Å². The molecule has 0 saturated heterocycles. The minimum Gasteiger partial charge on any atom is -0.460 e. The van der Waals surface area contributed by atoms with E-state index in [4.69, 9.17) is 9.47 Å². The van der Waals surface area contributed by atoms with E-state index >= 15 is 4.39 Å². The lowest BCUT2D eigenvalue weighted by atomic mass is 9.44. The van der Waals surface area contributed by atoms with Gasteiger partial charge in [-0.3, -0.25) is 14.4 Å². The van der Waals surface area contributed by atoms with Crippen LogP contribution in [0.25, 0.3) is 0 Å². The molecule has 5 rings (SSSR count). The zero-order valence-electron chi connectivity index (χ0n) is 25.8. The highest BCUT2D eigenvalue weighted by atomic mass is 19.1. The Kier molecular flexibility index (Phi) is 9.03. The fourth-order valence-electron chi connectivity index (χ4n) is 8.32. The van der Waals surface area contributed by atoms with Crippen LogP contribution in [0.1, 0.15) is 50.7 Å². The van der Waals surface area contributed by atoms with Crippen LogP contribution in [0.3, 0.4) is 0 Å². The number of carbonyl (C=O) groups excluding carboxylic acids is 4. The quantitative estimate of drug-likeness (QED) is 0.161. The van der Waals surface area contributed by atoms with Gasteiger partial charge in [-0.2, -0.15) is 0 Å². The molecule has 0 bridgehead atoms. The van der Waals surface area contributed by atoms with Crippen molar-refractivity contribution in [2.45, 2.75) is 76.2 Å². The van der Waals surface area contributed by atoms with Crippen LogP contribution in [0.5, 0.6) is 0 Å². The molecule has 254 valence electrons. The standard InChI is InChI=1S/C32H37FN2O12/c1-29-9-8-21(36)11-20(29)6-7-22-23-12-24(37)32(42,30(23,2)13-25(38)31(22,29)33)26(39)17-46-28(41)34-14-27(40)45-15-18-4-3-5-19(10-18)16-47-35(43)44/h3-5,8-11,22-25,37-38,42H,6-7,12-17H2,1-2H3,(H,34,41)/t22-,23-,24+,25-,29-,30-,31-,32-/m0/s1. The van der Waals surface area contributed by atoms with Crippen LogP contribution < -0.4 is 5.32 Å². The van der Waals surface area contributed by atoms with Crippen LogP contribution in [0.4, 0.5) is 9.18 Å². The molecule has 0 unspecified atom stereocenters. The van der Waals surface area contributed by atoms with Gasteiger partial charge in [0.25, 0.3) is 5.09 Å². The summed E-state index contributed by atoms with van der Waals surface area (Å²) in [5.41, 5.74) is -5.94. The first-order chi connectivity index (χ1) is 22.1. The zero-order chi connectivity index (χ0) is 34.4. The molecule has 0 aromatic heterocycles. The van der Waals surface area contributed by atoms with Crippen LogP contribution in [-0.2, 0) is 41.9 Å². The monoisotopic (exact) mass is 660 g/mol. The van der Waals surface area contributed by atoms with Crippen molar-refractivity contribution in [3.05, 3.63) is 69.3 Å². The third kappa shape index (κ3) is 5.69. The number of hydrogen-bond acceptors (Lipinski definition) is 12. The number of ether oxygens (including phenoxy) is 2. The van der Waals surface area contributed by atoms with Crippen LogP contribution in [0.15, 0.2) is 48.1 Å². The molecule has 0 spiro atoms. The van der Waals surface area contributed by atoms with Crippen molar-refractivity contribution < 1.29 is 58.3 Å². The largest absolute Gasteiger partial charge is 0.460 e. The smallest absolute Gasteiger partial charge is 0.408 e. The van der Waals surface area contributed by atoms with Crippen LogP contribution in [0.2, 0.25) is 0 Å². The lowest BCUT2D eigenvalue weighted by Gasteiger charge is -2.62. The Morgan fingerprint density at radius 3 is 2.51 bits per heavy atom. The van der Waals surface area contributed by atoms with Gasteiger partial charge in [0.2, 0.25) is 5.78 Å². The highest BCUT2D eigenvalue weighted by molar-refractivity contribution is 6.01. The first kappa shape index (κ1) is 34.1. The average Bonchev–Trinajstić information content (AvgIpc) is 3.23. The molecular formula is C32H37FN2O12. The molecule has 0 radical (unpaired) electrons. The maximum Gasteiger partial charge on any atom is 0.408 e. The number of nitrogens with zero attached hydrogens (tertiary/aromatic N) is 1. The van der Waals surface area contributed by atoms with E-state index < -0.39 is 82.2 Å². The predicted molar refractivity (Wildman–Crippen MR) is 157 cm³/mol. The van der Waals surface area contributed by atoms with E-state index in [0.29, 0.717) is 23.1 Å². The molecule has 14 nitrogen and oxygen atoms in total. The SMILES string of the molecule is C[C@]12C=CC(=O)C=C1CC[C@H]1[C@@H]3C[C@@H](O)[C@](O)(C(=O)COC(=O)NCC(=O)OCc4cccc(CO[N+](=O)[O-])c4)[C@@]3(C)C[C@H](O)[C@@]12F. The van der Waals surface area contributed by atoms with Crippen LogP contribution in [-0.4, -0.2) is 80.7 Å². The molecule has 0 heterocycles. The van der Waals surface area contributed by atoms with Gasteiger partial charge >= 0.3 is 12.1 Å². The average molecular weight is 661 g/mol. The van der Waals surface area contributed by atoms with E-state index in [1.807, 2.05) is 0 Å². The van der Waals surface area contributed by atoms with Crippen LogP contribution >= 0.6 is 0 Å². The first-order valence-corrected chi connectivity index (χ1v) is 15.2.